The van der Waals surface area contributed by atoms with Crippen molar-refractivity contribution in [1.82, 2.24) is 0 Å². The lowest BCUT2D eigenvalue weighted by molar-refractivity contribution is 0.190. The lowest BCUT2D eigenvalue weighted by atomic mass is 10.0. The third kappa shape index (κ3) is 4.48. The van der Waals surface area contributed by atoms with Gasteiger partial charge in [-0.1, -0.05) is 55.3 Å². The molecule has 2 aromatic rings. The Morgan fingerprint density at radius 2 is 1.86 bits per heavy atom. The summed E-state index contributed by atoms with van der Waals surface area (Å²) in [5, 5.41) is 0.664. The quantitative estimate of drug-likeness (QED) is 0.835. The van der Waals surface area contributed by atoms with Gasteiger partial charge in [0.15, 0.2) is 0 Å². The average Bonchev–Trinajstić information content (AvgIpc) is 2.47. The van der Waals surface area contributed by atoms with Gasteiger partial charge in [-0.3, -0.25) is 0 Å². The summed E-state index contributed by atoms with van der Waals surface area (Å²) in [5.41, 5.74) is 8.72. The van der Waals surface area contributed by atoms with Crippen molar-refractivity contribution in [3.05, 3.63) is 64.7 Å². The van der Waals surface area contributed by atoms with Gasteiger partial charge in [0.05, 0.1) is 6.04 Å². The summed E-state index contributed by atoms with van der Waals surface area (Å²) in [6, 6.07) is 15.7. The molecule has 21 heavy (non-hydrogen) atoms. The van der Waals surface area contributed by atoms with Gasteiger partial charge in [-0.15, -0.1) is 0 Å². The monoisotopic (exact) mass is 303 g/mol. The standard InChI is InChI=1S/C18H22ClNO/c1-3-5-14-8-10-15(11-9-14)18(20)13(2)21-17-7-4-6-16(19)12-17/h4,6-13,18H,3,5,20H2,1-2H3. The van der Waals surface area contributed by atoms with Crippen LogP contribution in [0.3, 0.4) is 0 Å². The SMILES string of the molecule is CCCc1ccc(C(N)C(C)Oc2cccc(Cl)c2)cc1. The lowest BCUT2D eigenvalue weighted by Crippen LogP contribution is -2.28. The van der Waals surface area contributed by atoms with Crippen LogP contribution in [0.25, 0.3) is 0 Å². The molecular formula is C18H22ClNO. The maximum Gasteiger partial charge on any atom is 0.121 e. The van der Waals surface area contributed by atoms with Crippen molar-refractivity contribution >= 4 is 11.6 Å². The minimum absolute atomic E-state index is 0.125. The first-order valence-electron chi connectivity index (χ1n) is 7.36. The first-order valence-corrected chi connectivity index (χ1v) is 7.74. The van der Waals surface area contributed by atoms with Crippen molar-refractivity contribution in [1.29, 1.82) is 0 Å². The number of ether oxygens (including phenoxy) is 1. The molecule has 0 fully saturated rings. The number of benzene rings is 2. The van der Waals surface area contributed by atoms with Crippen LogP contribution in [0.4, 0.5) is 0 Å². The van der Waals surface area contributed by atoms with Gasteiger partial charge in [0.2, 0.25) is 0 Å². The van der Waals surface area contributed by atoms with Crippen molar-refractivity contribution in [2.75, 3.05) is 0 Å². The van der Waals surface area contributed by atoms with Crippen LogP contribution in [0.15, 0.2) is 48.5 Å². The maximum absolute atomic E-state index is 6.29. The fraction of sp³-hybridized carbons (Fsp3) is 0.333. The molecule has 0 spiro atoms. The van der Waals surface area contributed by atoms with Gasteiger partial charge in [-0.05, 0) is 42.7 Å². The fourth-order valence-electron chi connectivity index (χ4n) is 2.29. The van der Waals surface area contributed by atoms with Gasteiger partial charge in [0.1, 0.15) is 11.9 Å². The summed E-state index contributed by atoms with van der Waals surface area (Å²) in [5.74, 6) is 0.744. The van der Waals surface area contributed by atoms with Crippen LogP contribution in [-0.4, -0.2) is 6.10 Å². The Morgan fingerprint density at radius 1 is 1.14 bits per heavy atom. The van der Waals surface area contributed by atoms with Gasteiger partial charge < -0.3 is 10.5 Å². The Morgan fingerprint density at radius 3 is 2.48 bits per heavy atom. The van der Waals surface area contributed by atoms with Gasteiger partial charge in [-0.2, -0.15) is 0 Å². The number of halogens is 1. The molecule has 0 aliphatic carbocycles. The lowest BCUT2D eigenvalue weighted by Gasteiger charge is -2.22. The normalized spacial score (nSPS) is 13.7. The van der Waals surface area contributed by atoms with Crippen LogP contribution in [-0.2, 0) is 6.42 Å². The topological polar surface area (TPSA) is 35.2 Å². The minimum atomic E-state index is -0.167. The van der Waals surface area contributed by atoms with Crippen LogP contribution < -0.4 is 10.5 Å². The molecule has 2 nitrogen and oxygen atoms in total. The Hall–Kier alpha value is -1.51. The van der Waals surface area contributed by atoms with Crippen LogP contribution >= 0.6 is 11.6 Å². The number of rotatable bonds is 6. The molecule has 0 heterocycles. The van der Waals surface area contributed by atoms with Gasteiger partial charge in [0, 0.05) is 5.02 Å². The second-order valence-corrected chi connectivity index (χ2v) is 5.73. The third-order valence-electron chi connectivity index (χ3n) is 3.53. The average molecular weight is 304 g/mol. The summed E-state index contributed by atoms with van der Waals surface area (Å²) in [7, 11) is 0. The highest BCUT2D eigenvalue weighted by Gasteiger charge is 2.16. The van der Waals surface area contributed by atoms with Crippen molar-refractivity contribution in [2.24, 2.45) is 5.73 Å². The largest absolute Gasteiger partial charge is 0.489 e. The molecule has 3 heteroatoms. The van der Waals surface area contributed by atoms with Crippen molar-refractivity contribution in [3.8, 4) is 5.75 Å². The Labute approximate surface area is 131 Å². The first-order chi connectivity index (χ1) is 10.1. The molecule has 0 bridgehead atoms. The van der Waals surface area contributed by atoms with E-state index < -0.39 is 0 Å². The van der Waals surface area contributed by atoms with Crippen LogP contribution in [0.2, 0.25) is 5.02 Å². The number of hydrogen-bond acceptors (Lipinski definition) is 2. The zero-order valence-corrected chi connectivity index (χ0v) is 13.3. The summed E-state index contributed by atoms with van der Waals surface area (Å²) in [6.07, 6.45) is 2.13. The Balaban J connectivity index is 2.02. The molecule has 0 saturated carbocycles. The molecule has 0 aliphatic rings. The predicted octanol–water partition coefficient (Wildman–Crippen LogP) is 4.76. The number of nitrogens with two attached hydrogens (primary N) is 1. The van der Waals surface area contributed by atoms with Crippen molar-refractivity contribution in [3.63, 3.8) is 0 Å². The second kappa shape index (κ2) is 7.48. The van der Waals surface area contributed by atoms with Gasteiger partial charge in [0.25, 0.3) is 0 Å². The van der Waals surface area contributed by atoms with Gasteiger partial charge in [-0.25, -0.2) is 0 Å². The molecule has 2 aromatic carbocycles. The number of hydrogen-bond donors (Lipinski definition) is 1. The van der Waals surface area contributed by atoms with E-state index in [-0.39, 0.29) is 12.1 Å². The first kappa shape index (κ1) is 15.9. The maximum atomic E-state index is 6.29. The molecule has 2 unspecified atom stereocenters. The minimum Gasteiger partial charge on any atom is -0.489 e. The molecule has 112 valence electrons. The van der Waals surface area contributed by atoms with E-state index >= 15 is 0 Å². The van der Waals surface area contributed by atoms with E-state index in [4.69, 9.17) is 22.1 Å². The van der Waals surface area contributed by atoms with E-state index in [2.05, 4.69) is 31.2 Å². The molecular weight excluding hydrogens is 282 g/mol. The molecule has 2 rings (SSSR count). The van der Waals surface area contributed by atoms with E-state index in [9.17, 15) is 0 Å². The zero-order chi connectivity index (χ0) is 15.2. The van der Waals surface area contributed by atoms with E-state index in [0.29, 0.717) is 5.02 Å². The van der Waals surface area contributed by atoms with E-state index in [1.165, 1.54) is 5.56 Å². The van der Waals surface area contributed by atoms with Crippen molar-refractivity contribution in [2.45, 2.75) is 38.8 Å². The van der Waals surface area contributed by atoms with E-state index in [1.54, 1.807) is 6.07 Å². The van der Waals surface area contributed by atoms with E-state index in [1.807, 2.05) is 25.1 Å². The summed E-state index contributed by atoms with van der Waals surface area (Å²) in [4.78, 5) is 0. The molecule has 2 N–H and O–H groups in total. The molecule has 0 saturated heterocycles. The third-order valence-corrected chi connectivity index (χ3v) is 3.76. The van der Waals surface area contributed by atoms with Crippen LogP contribution in [0.5, 0.6) is 5.75 Å². The van der Waals surface area contributed by atoms with Gasteiger partial charge >= 0.3 is 0 Å². The smallest absolute Gasteiger partial charge is 0.121 e. The second-order valence-electron chi connectivity index (χ2n) is 5.30. The van der Waals surface area contributed by atoms with Crippen molar-refractivity contribution < 1.29 is 4.74 Å². The van der Waals surface area contributed by atoms with Crippen LogP contribution in [0.1, 0.15) is 37.4 Å². The molecule has 0 aromatic heterocycles. The summed E-state index contributed by atoms with van der Waals surface area (Å²) >= 11 is 5.96. The fourth-order valence-corrected chi connectivity index (χ4v) is 2.47. The molecule has 0 aliphatic heterocycles. The number of aryl methyl sites for hydroxylation is 1. The highest BCUT2D eigenvalue weighted by Crippen LogP contribution is 2.23. The highest BCUT2D eigenvalue weighted by atomic mass is 35.5. The summed E-state index contributed by atoms with van der Waals surface area (Å²) in [6.45, 7) is 4.16. The summed E-state index contributed by atoms with van der Waals surface area (Å²) < 4.78 is 5.88. The molecule has 2 atom stereocenters. The highest BCUT2D eigenvalue weighted by molar-refractivity contribution is 6.30. The molecule has 0 amide bonds. The zero-order valence-electron chi connectivity index (χ0n) is 12.6. The molecule has 0 radical (unpaired) electrons. The van der Waals surface area contributed by atoms with Crippen LogP contribution in [0, 0.1) is 0 Å². The Bertz CT molecular complexity index is 568. The van der Waals surface area contributed by atoms with E-state index in [0.717, 1.165) is 24.2 Å². The predicted molar refractivity (Wildman–Crippen MR) is 88.9 cm³/mol. The Kier molecular flexibility index (Phi) is 5.66.